The smallest absolute Gasteiger partial charge is 0.313 e. The largest absolute Gasteiger partial charge is 0.460 e. The van der Waals surface area contributed by atoms with Gasteiger partial charge in [-0.3, -0.25) is 9.59 Å². The summed E-state index contributed by atoms with van der Waals surface area (Å²) in [6, 6.07) is 9.55. The molecular formula is C17H24O5. The van der Waals surface area contributed by atoms with E-state index in [1.54, 1.807) is 20.8 Å². The molecule has 5 heteroatoms. The number of carbonyl (C=O) groups excluding carboxylic acids is 2. The van der Waals surface area contributed by atoms with Gasteiger partial charge in [0.2, 0.25) is 0 Å². The Hall–Kier alpha value is -1.72. The fourth-order valence-corrected chi connectivity index (χ4v) is 1.82. The first kappa shape index (κ1) is 18.3. The van der Waals surface area contributed by atoms with Gasteiger partial charge in [0.05, 0.1) is 19.3 Å². The molecule has 0 aliphatic rings. The summed E-state index contributed by atoms with van der Waals surface area (Å²) in [6.45, 7) is 5.64. The first-order valence-corrected chi connectivity index (χ1v) is 7.29. The van der Waals surface area contributed by atoms with Crippen molar-refractivity contribution in [1.82, 2.24) is 0 Å². The van der Waals surface area contributed by atoms with E-state index in [1.165, 1.54) is 0 Å². The predicted molar refractivity (Wildman–Crippen MR) is 82.2 cm³/mol. The minimum atomic E-state index is -0.918. The lowest BCUT2D eigenvalue weighted by Crippen LogP contribution is -2.27. The lowest BCUT2D eigenvalue weighted by molar-refractivity contribution is -0.156. The maximum absolute atomic E-state index is 11.7. The van der Waals surface area contributed by atoms with Crippen molar-refractivity contribution in [2.75, 3.05) is 6.61 Å². The van der Waals surface area contributed by atoms with Gasteiger partial charge in [-0.2, -0.15) is 0 Å². The highest BCUT2D eigenvalue weighted by Crippen LogP contribution is 2.09. The molecule has 0 unspecified atom stereocenters. The van der Waals surface area contributed by atoms with E-state index in [0.717, 1.165) is 5.56 Å². The average molecular weight is 308 g/mol. The lowest BCUT2D eigenvalue weighted by atomic mass is 10.1. The highest BCUT2D eigenvalue weighted by Gasteiger charge is 2.20. The van der Waals surface area contributed by atoms with Crippen molar-refractivity contribution in [2.24, 2.45) is 0 Å². The van der Waals surface area contributed by atoms with E-state index in [9.17, 15) is 14.7 Å². The van der Waals surface area contributed by atoms with E-state index in [4.69, 9.17) is 9.47 Å². The molecule has 1 atom stereocenters. The zero-order valence-corrected chi connectivity index (χ0v) is 13.4. The molecular weight excluding hydrogens is 284 g/mol. The molecule has 0 saturated heterocycles. The number of hydrogen-bond acceptors (Lipinski definition) is 5. The van der Waals surface area contributed by atoms with Crippen molar-refractivity contribution in [1.29, 1.82) is 0 Å². The standard InChI is InChI=1S/C17H24O5/c1-17(2,3)22-16(20)10-14(18)9-15(19)12-21-11-13-7-5-4-6-8-13/h4-8,15,19H,9-12H2,1-3H3/t15-/m0/s1. The van der Waals surface area contributed by atoms with Gasteiger partial charge in [-0.05, 0) is 26.3 Å². The van der Waals surface area contributed by atoms with Gasteiger partial charge in [-0.25, -0.2) is 0 Å². The summed E-state index contributed by atoms with van der Waals surface area (Å²) in [5.74, 6) is -0.931. The SMILES string of the molecule is CC(C)(C)OC(=O)CC(=O)C[C@H](O)COCc1ccccc1. The molecule has 122 valence electrons. The van der Waals surface area contributed by atoms with Gasteiger partial charge in [0.15, 0.2) is 0 Å². The van der Waals surface area contributed by atoms with Crippen molar-refractivity contribution in [3.05, 3.63) is 35.9 Å². The summed E-state index contributed by atoms with van der Waals surface area (Å²) < 4.78 is 10.4. The highest BCUT2D eigenvalue weighted by atomic mass is 16.6. The van der Waals surface area contributed by atoms with Crippen LogP contribution in [-0.2, 0) is 25.7 Å². The van der Waals surface area contributed by atoms with Crippen molar-refractivity contribution in [3.63, 3.8) is 0 Å². The summed E-state index contributed by atoms with van der Waals surface area (Å²) >= 11 is 0. The number of aliphatic hydroxyl groups excluding tert-OH is 1. The molecule has 0 saturated carbocycles. The maximum Gasteiger partial charge on any atom is 0.313 e. The number of ketones is 1. The summed E-state index contributed by atoms with van der Waals surface area (Å²) in [4.78, 5) is 23.2. The third-order valence-corrected chi connectivity index (χ3v) is 2.65. The van der Waals surface area contributed by atoms with Crippen molar-refractivity contribution >= 4 is 11.8 Å². The van der Waals surface area contributed by atoms with Crippen LogP contribution in [0.2, 0.25) is 0 Å². The molecule has 1 aromatic carbocycles. The fourth-order valence-electron chi connectivity index (χ4n) is 1.82. The maximum atomic E-state index is 11.7. The Bertz CT molecular complexity index is 476. The number of rotatable bonds is 8. The Morgan fingerprint density at radius 3 is 2.41 bits per heavy atom. The van der Waals surface area contributed by atoms with Gasteiger partial charge >= 0.3 is 5.97 Å². The van der Waals surface area contributed by atoms with Gasteiger partial charge in [-0.1, -0.05) is 30.3 Å². The zero-order chi connectivity index (χ0) is 16.6. The second-order valence-corrected chi connectivity index (χ2v) is 6.16. The molecule has 1 rings (SSSR count). The molecule has 5 nitrogen and oxygen atoms in total. The number of aliphatic hydroxyl groups is 1. The second-order valence-electron chi connectivity index (χ2n) is 6.16. The summed E-state index contributed by atoms with van der Waals surface area (Å²) in [5.41, 5.74) is 0.379. The van der Waals surface area contributed by atoms with Crippen LogP contribution < -0.4 is 0 Å². The van der Waals surface area contributed by atoms with Crippen LogP contribution in [-0.4, -0.2) is 35.2 Å². The molecule has 1 N–H and O–H groups in total. The Morgan fingerprint density at radius 1 is 1.18 bits per heavy atom. The van der Waals surface area contributed by atoms with Crippen LogP contribution in [0.3, 0.4) is 0 Å². The number of ether oxygens (including phenoxy) is 2. The molecule has 22 heavy (non-hydrogen) atoms. The van der Waals surface area contributed by atoms with Gasteiger partial charge in [0, 0.05) is 6.42 Å². The number of carbonyl (C=O) groups is 2. The number of Topliss-reactive ketones (excluding diaryl/α,β-unsaturated/α-hetero) is 1. The van der Waals surface area contributed by atoms with E-state index in [0.29, 0.717) is 6.61 Å². The van der Waals surface area contributed by atoms with E-state index in [2.05, 4.69) is 0 Å². The van der Waals surface area contributed by atoms with Crippen LogP contribution in [0.15, 0.2) is 30.3 Å². The Balaban J connectivity index is 2.22. The summed E-state index contributed by atoms with van der Waals surface area (Å²) in [6.07, 6.45) is -1.36. The average Bonchev–Trinajstić information content (AvgIpc) is 2.37. The highest BCUT2D eigenvalue weighted by molar-refractivity contribution is 5.95. The molecule has 0 aliphatic carbocycles. The molecule has 0 heterocycles. The zero-order valence-electron chi connectivity index (χ0n) is 13.4. The van der Waals surface area contributed by atoms with E-state index >= 15 is 0 Å². The third-order valence-electron chi connectivity index (χ3n) is 2.65. The molecule has 0 spiro atoms. The lowest BCUT2D eigenvalue weighted by Gasteiger charge is -2.19. The Labute approximate surface area is 131 Å². The third kappa shape index (κ3) is 8.54. The van der Waals surface area contributed by atoms with Crippen molar-refractivity contribution in [2.45, 2.75) is 51.9 Å². The molecule has 1 aromatic rings. The van der Waals surface area contributed by atoms with Crippen LogP contribution in [0.4, 0.5) is 0 Å². The van der Waals surface area contributed by atoms with Crippen LogP contribution in [0, 0.1) is 0 Å². The van der Waals surface area contributed by atoms with E-state index in [1.807, 2.05) is 30.3 Å². The molecule has 0 bridgehead atoms. The number of benzene rings is 1. The minimum Gasteiger partial charge on any atom is -0.460 e. The van der Waals surface area contributed by atoms with Gasteiger partial charge in [0.25, 0.3) is 0 Å². The molecule has 0 aliphatic heterocycles. The van der Waals surface area contributed by atoms with Gasteiger partial charge in [0.1, 0.15) is 17.8 Å². The molecule has 0 aromatic heterocycles. The quantitative estimate of drug-likeness (QED) is 0.589. The molecule has 0 radical (unpaired) electrons. The Morgan fingerprint density at radius 2 is 1.82 bits per heavy atom. The summed E-state index contributed by atoms with van der Waals surface area (Å²) in [7, 11) is 0. The Kier molecular flexibility index (Phi) is 7.21. The van der Waals surface area contributed by atoms with Crippen LogP contribution in [0.25, 0.3) is 0 Å². The van der Waals surface area contributed by atoms with E-state index < -0.39 is 17.7 Å². The predicted octanol–water partition coefficient (Wildman–Crippen LogP) is 2.26. The van der Waals surface area contributed by atoms with Gasteiger partial charge < -0.3 is 14.6 Å². The molecule has 0 amide bonds. The first-order valence-electron chi connectivity index (χ1n) is 7.29. The second kappa shape index (κ2) is 8.66. The summed E-state index contributed by atoms with van der Waals surface area (Å²) in [5, 5.41) is 9.75. The first-order chi connectivity index (χ1) is 10.3. The number of hydrogen-bond donors (Lipinski definition) is 1. The van der Waals surface area contributed by atoms with Crippen molar-refractivity contribution < 1.29 is 24.2 Å². The van der Waals surface area contributed by atoms with Crippen LogP contribution in [0.5, 0.6) is 0 Å². The fraction of sp³-hybridized carbons (Fsp3) is 0.529. The van der Waals surface area contributed by atoms with Gasteiger partial charge in [-0.15, -0.1) is 0 Å². The van der Waals surface area contributed by atoms with Crippen molar-refractivity contribution in [3.8, 4) is 0 Å². The molecule has 0 fully saturated rings. The number of esters is 1. The van der Waals surface area contributed by atoms with Crippen LogP contribution >= 0.6 is 0 Å². The van der Waals surface area contributed by atoms with Crippen LogP contribution in [0.1, 0.15) is 39.2 Å². The van der Waals surface area contributed by atoms with E-state index in [-0.39, 0.29) is 25.2 Å². The minimum absolute atomic E-state index is 0.0505. The normalized spacial score (nSPS) is 12.7. The topological polar surface area (TPSA) is 72.8 Å². The monoisotopic (exact) mass is 308 g/mol.